The van der Waals surface area contributed by atoms with Crippen LogP contribution in [0.5, 0.6) is 0 Å². The lowest BCUT2D eigenvalue weighted by Crippen LogP contribution is -2.28. The van der Waals surface area contributed by atoms with E-state index >= 15 is 0 Å². The fraction of sp³-hybridized carbons (Fsp3) is 0.444. The Kier molecular flexibility index (Phi) is 6.93. The van der Waals surface area contributed by atoms with Gasteiger partial charge >= 0.3 is 0 Å². The zero-order valence-corrected chi connectivity index (χ0v) is 15.8. The normalized spacial score (nSPS) is 19.5. The van der Waals surface area contributed by atoms with Crippen molar-refractivity contribution in [3.63, 3.8) is 0 Å². The second-order valence-electron chi connectivity index (χ2n) is 6.50. The van der Waals surface area contributed by atoms with E-state index in [-0.39, 0.29) is 36.1 Å². The molecule has 1 aromatic heterocycles. The molecule has 0 bridgehead atoms. The highest BCUT2D eigenvalue weighted by molar-refractivity contribution is 7.15. The maximum Gasteiger partial charge on any atom is 0.226 e. The molecule has 1 saturated carbocycles. The molecule has 0 saturated heterocycles. The first-order valence-electron chi connectivity index (χ1n) is 8.26. The molecule has 0 radical (unpaired) electrons. The Balaban J connectivity index is 0.00000225. The Morgan fingerprint density at radius 3 is 2.92 bits per heavy atom. The first-order chi connectivity index (χ1) is 11.5. The Bertz CT molecular complexity index is 737. The van der Waals surface area contributed by atoms with Crippen LogP contribution in [0.1, 0.15) is 41.7 Å². The van der Waals surface area contributed by atoms with E-state index < -0.39 is 0 Å². The highest BCUT2D eigenvalue weighted by Gasteiger charge is 2.26. The summed E-state index contributed by atoms with van der Waals surface area (Å²) in [4.78, 5) is 17.4. The number of nitrogens with zero attached hydrogens (tertiary/aromatic N) is 1. The lowest BCUT2D eigenvalue weighted by atomic mass is 10.00. The summed E-state index contributed by atoms with van der Waals surface area (Å²) in [7, 11) is 0. The minimum atomic E-state index is -0.196. The maximum absolute atomic E-state index is 13.6. The van der Waals surface area contributed by atoms with Gasteiger partial charge in [0, 0.05) is 30.0 Å². The Morgan fingerprint density at radius 1 is 1.44 bits per heavy atom. The van der Waals surface area contributed by atoms with Crippen LogP contribution in [0.15, 0.2) is 24.4 Å². The number of aromatic nitrogens is 1. The summed E-state index contributed by atoms with van der Waals surface area (Å²) in [5.41, 5.74) is 7.55. The fourth-order valence-electron chi connectivity index (χ4n) is 3.12. The monoisotopic (exact) mass is 383 g/mol. The summed E-state index contributed by atoms with van der Waals surface area (Å²) in [6.07, 6.45) is 5.94. The maximum atomic E-state index is 13.6. The van der Waals surface area contributed by atoms with E-state index in [1.54, 1.807) is 25.3 Å². The number of benzene rings is 1. The number of amides is 1. The number of nitrogens with two attached hydrogens (primary N) is 1. The van der Waals surface area contributed by atoms with E-state index in [2.05, 4.69) is 10.3 Å². The van der Waals surface area contributed by atoms with Gasteiger partial charge in [0.15, 0.2) is 5.13 Å². The first-order valence-corrected chi connectivity index (χ1v) is 9.08. The summed E-state index contributed by atoms with van der Waals surface area (Å²) in [5, 5.41) is 3.45. The van der Waals surface area contributed by atoms with Crippen molar-refractivity contribution in [1.29, 1.82) is 0 Å². The third-order valence-corrected chi connectivity index (χ3v) is 5.49. The van der Waals surface area contributed by atoms with Crippen molar-refractivity contribution in [2.75, 3.05) is 5.32 Å². The van der Waals surface area contributed by atoms with Crippen LogP contribution in [0.3, 0.4) is 0 Å². The lowest BCUT2D eigenvalue weighted by Gasteiger charge is -2.13. The van der Waals surface area contributed by atoms with Gasteiger partial charge in [-0.15, -0.1) is 23.7 Å². The van der Waals surface area contributed by atoms with Crippen LogP contribution in [0, 0.1) is 18.7 Å². The van der Waals surface area contributed by atoms with Gasteiger partial charge in [0.1, 0.15) is 5.82 Å². The summed E-state index contributed by atoms with van der Waals surface area (Å²) in [6.45, 7) is 1.75. The first kappa shape index (κ1) is 19.8. The summed E-state index contributed by atoms with van der Waals surface area (Å²) >= 11 is 1.43. The van der Waals surface area contributed by atoms with Crippen LogP contribution in [-0.4, -0.2) is 16.9 Å². The molecule has 2 atom stereocenters. The molecule has 3 rings (SSSR count). The lowest BCUT2D eigenvalue weighted by molar-refractivity contribution is -0.117. The van der Waals surface area contributed by atoms with Gasteiger partial charge in [0.2, 0.25) is 5.91 Å². The molecule has 1 aromatic carbocycles. The van der Waals surface area contributed by atoms with E-state index in [0.29, 0.717) is 23.5 Å². The van der Waals surface area contributed by atoms with E-state index in [1.807, 2.05) is 6.07 Å². The number of carbonyl (C=O) groups is 1. The van der Waals surface area contributed by atoms with Crippen molar-refractivity contribution in [2.45, 2.75) is 45.1 Å². The predicted molar refractivity (Wildman–Crippen MR) is 102 cm³/mol. The molecule has 4 nitrogen and oxygen atoms in total. The van der Waals surface area contributed by atoms with Crippen molar-refractivity contribution >= 4 is 34.8 Å². The zero-order chi connectivity index (χ0) is 17.1. The molecule has 1 aliphatic rings. The van der Waals surface area contributed by atoms with Crippen molar-refractivity contribution in [3.8, 4) is 0 Å². The number of anilines is 1. The van der Waals surface area contributed by atoms with Gasteiger partial charge in [0.05, 0.1) is 0 Å². The van der Waals surface area contributed by atoms with Crippen molar-refractivity contribution < 1.29 is 9.18 Å². The van der Waals surface area contributed by atoms with Gasteiger partial charge in [-0.1, -0.05) is 18.6 Å². The molecular formula is C18H23ClFN3OS. The molecule has 1 fully saturated rings. The van der Waals surface area contributed by atoms with Gasteiger partial charge in [-0.2, -0.15) is 0 Å². The summed E-state index contributed by atoms with van der Waals surface area (Å²) in [6, 6.07) is 5.38. The van der Waals surface area contributed by atoms with Crippen LogP contribution >= 0.6 is 23.7 Å². The molecule has 0 spiro atoms. The van der Waals surface area contributed by atoms with Crippen LogP contribution in [0.25, 0.3) is 0 Å². The highest BCUT2D eigenvalue weighted by atomic mass is 35.5. The Morgan fingerprint density at radius 2 is 2.24 bits per heavy atom. The number of nitrogens with one attached hydrogen (secondary N) is 1. The van der Waals surface area contributed by atoms with Crippen LogP contribution in [0.4, 0.5) is 9.52 Å². The molecule has 2 aromatic rings. The van der Waals surface area contributed by atoms with Gasteiger partial charge in [-0.25, -0.2) is 9.37 Å². The minimum Gasteiger partial charge on any atom is -0.327 e. The van der Waals surface area contributed by atoms with Gasteiger partial charge in [0.25, 0.3) is 0 Å². The topological polar surface area (TPSA) is 68.0 Å². The molecule has 1 heterocycles. The molecule has 3 N–H and O–H groups in total. The predicted octanol–water partition coefficient (Wildman–Crippen LogP) is 4.06. The number of rotatable bonds is 5. The molecule has 0 aliphatic heterocycles. The smallest absolute Gasteiger partial charge is 0.226 e. The van der Waals surface area contributed by atoms with Crippen LogP contribution in [0.2, 0.25) is 0 Å². The fourth-order valence-corrected chi connectivity index (χ4v) is 3.98. The number of thiazole rings is 1. The van der Waals surface area contributed by atoms with E-state index in [4.69, 9.17) is 5.73 Å². The van der Waals surface area contributed by atoms with Crippen LogP contribution < -0.4 is 11.1 Å². The van der Waals surface area contributed by atoms with E-state index in [0.717, 1.165) is 29.7 Å². The molecule has 1 amide bonds. The largest absolute Gasteiger partial charge is 0.327 e. The molecule has 1 aliphatic carbocycles. The molecule has 0 unspecified atom stereocenters. The minimum absolute atomic E-state index is 0. The van der Waals surface area contributed by atoms with Crippen LogP contribution in [-0.2, 0) is 11.2 Å². The van der Waals surface area contributed by atoms with Crippen molar-refractivity contribution in [1.82, 2.24) is 4.98 Å². The molecular weight excluding hydrogens is 361 g/mol. The average molecular weight is 384 g/mol. The summed E-state index contributed by atoms with van der Waals surface area (Å²) in [5.74, 6) is 0.0537. The number of hydrogen-bond acceptors (Lipinski definition) is 4. The second kappa shape index (κ2) is 8.74. The van der Waals surface area contributed by atoms with Crippen molar-refractivity contribution in [2.24, 2.45) is 11.7 Å². The summed E-state index contributed by atoms with van der Waals surface area (Å²) < 4.78 is 13.6. The van der Waals surface area contributed by atoms with Crippen molar-refractivity contribution in [3.05, 3.63) is 46.2 Å². The number of carbonyl (C=O) groups excluding carboxylic acids is 1. The molecule has 136 valence electrons. The zero-order valence-electron chi connectivity index (χ0n) is 14.1. The SMILES string of the molecule is Cc1ccc(Cc2cnc(NC(=O)C[C@@H]3CCC[C@H]3N)s2)cc1F.Cl. The van der Waals surface area contributed by atoms with Gasteiger partial charge < -0.3 is 11.1 Å². The number of hydrogen-bond donors (Lipinski definition) is 2. The highest BCUT2D eigenvalue weighted by Crippen LogP contribution is 2.28. The quantitative estimate of drug-likeness (QED) is 0.818. The number of aryl methyl sites for hydroxylation is 1. The van der Waals surface area contributed by atoms with Gasteiger partial charge in [-0.3, -0.25) is 4.79 Å². The van der Waals surface area contributed by atoms with E-state index in [1.165, 1.54) is 11.3 Å². The second-order valence-corrected chi connectivity index (χ2v) is 7.61. The number of halogens is 2. The van der Waals surface area contributed by atoms with Gasteiger partial charge in [-0.05, 0) is 42.9 Å². The third kappa shape index (κ3) is 5.23. The average Bonchev–Trinajstić information content (AvgIpc) is 3.13. The standard InChI is InChI=1S/C18H22FN3OS.ClH/c1-11-5-6-12(8-15(11)19)7-14-10-21-18(24-14)22-17(23)9-13-3-2-4-16(13)20;/h5-6,8,10,13,16H,2-4,7,9,20H2,1H3,(H,21,22,23);1H/t13-,16+;/m0./s1. The van der Waals surface area contributed by atoms with E-state index in [9.17, 15) is 9.18 Å². The molecule has 25 heavy (non-hydrogen) atoms. The molecule has 7 heteroatoms. The Labute approximate surface area is 157 Å². The third-order valence-electron chi connectivity index (χ3n) is 4.58. The Hall–Kier alpha value is -1.50.